The van der Waals surface area contributed by atoms with Crippen LogP contribution in [-0.4, -0.2) is 23.9 Å². The molecule has 2 unspecified atom stereocenters. The van der Waals surface area contributed by atoms with Gasteiger partial charge in [-0.1, -0.05) is 37.1 Å². The molecule has 4 rings (SSSR count). The molecule has 154 valence electrons. The van der Waals surface area contributed by atoms with Crippen LogP contribution in [-0.2, 0) is 11.2 Å². The molecule has 2 aliphatic rings. The van der Waals surface area contributed by atoms with Crippen LogP contribution in [0.25, 0.3) is 0 Å². The summed E-state index contributed by atoms with van der Waals surface area (Å²) in [6, 6.07) is 15.2. The van der Waals surface area contributed by atoms with Crippen molar-refractivity contribution in [2.45, 2.75) is 44.6 Å². The second-order valence-electron chi connectivity index (χ2n) is 8.21. The molecule has 1 fully saturated rings. The number of nitrogens with one attached hydrogen (secondary N) is 1. The number of anilines is 2. The van der Waals surface area contributed by atoms with Crippen LogP contribution in [0.3, 0.4) is 0 Å². The number of para-hydroxylation sites is 1. The average molecular weight is 414 g/mol. The van der Waals surface area contributed by atoms with E-state index in [9.17, 15) is 9.59 Å². The molecule has 0 spiro atoms. The summed E-state index contributed by atoms with van der Waals surface area (Å²) in [5.41, 5.74) is 9.27. The van der Waals surface area contributed by atoms with Gasteiger partial charge in [-0.15, -0.1) is 12.4 Å². The number of nitrogens with zero attached hydrogens (tertiary/aromatic N) is 1. The molecule has 5 nitrogen and oxygen atoms in total. The standard InChI is InChI=1S/C23H27N3O2.ClH/c1-23(24)13-5-4-10-19(23)21(27)25-18-9-6-8-17(15-18)22(28)26-14-12-16-7-2-3-11-20(16)26;/h2-3,6-9,11,15,19H,4-5,10,12-14,24H2,1H3,(H,25,27);1H. The predicted octanol–water partition coefficient (Wildman–Crippen LogP) is 4.16. The van der Waals surface area contributed by atoms with Gasteiger partial charge in [-0.2, -0.15) is 0 Å². The van der Waals surface area contributed by atoms with Crippen molar-refractivity contribution in [2.75, 3.05) is 16.8 Å². The van der Waals surface area contributed by atoms with Gasteiger partial charge in [-0.3, -0.25) is 9.59 Å². The molecule has 2 amide bonds. The van der Waals surface area contributed by atoms with Gasteiger partial charge in [0.1, 0.15) is 0 Å². The molecule has 0 bridgehead atoms. The van der Waals surface area contributed by atoms with Crippen molar-refractivity contribution in [3.05, 3.63) is 59.7 Å². The van der Waals surface area contributed by atoms with E-state index < -0.39 is 5.54 Å². The van der Waals surface area contributed by atoms with E-state index in [2.05, 4.69) is 11.4 Å². The highest BCUT2D eigenvalue weighted by molar-refractivity contribution is 6.08. The van der Waals surface area contributed by atoms with Crippen molar-refractivity contribution in [1.82, 2.24) is 0 Å². The lowest BCUT2D eigenvalue weighted by atomic mass is 9.74. The van der Waals surface area contributed by atoms with Crippen LogP contribution in [0.4, 0.5) is 11.4 Å². The van der Waals surface area contributed by atoms with Crippen LogP contribution in [0.5, 0.6) is 0 Å². The van der Waals surface area contributed by atoms with Gasteiger partial charge < -0.3 is 16.0 Å². The highest BCUT2D eigenvalue weighted by Crippen LogP contribution is 2.33. The minimum absolute atomic E-state index is 0. The van der Waals surface area contributed by atoms with Crippen LogP contribution < -0.4 is 16.0 Å². The highest BCUT2D eigenvalue weighted by atomic mass is 35.5. The SMILES string of the molecule is CC1(N)CCCCC1C(=O)Nc1cccc(C(=O)N2CCc3ccccc32)c1.Cl. The Morgan fingerprint density at radius 2 is 1.93 bits per heavy atom. The fourth-order valence-corrected chi connectivity index (χ4v) is 4.45. The van der Waals surface area contributed by atoms with E-state index in [1.54, 1.807) is 12.1 Å². The monoisotopic (exact) mass is 413 g/mol. The number of halogens is 1. The Morgan fingerprint density at radius 3 is 2.72 bits per heavy atom. The first-order chi connectivity index (χ1) is 13.5. The summed E-state index contributed by atoms with van der Waals surface area (Å²) in [5, 5.41) is 2.98. The third-order valence-corrected chi connectivity index (χ3v) is 6.08. The van der Waals surface area contributed by atoms with Gasteiger partial charge in [0.15, 0.2) is 0 Å². The number of hydrogen-bond acceptors (Lipinski definition) is 3. The van der Waals surface area contributed by atoms with E-state index >= 15 is 0 Å². The maximum absolute atomic E-state index is 13.0. The summed E-state index contributed by atoms with van der Waals surface area (Å²) >= 11 is 0. The molecular weight excluding hydrogens is 386 g/mol. The average Bonchev–Trinajstić information content (AvgIpc) is 3.11. The Hall–Kier alpha value is -2.37. The van der Waals surface area contributed by atoms with Gasteiger partial charge in [0.2, 0.25) is 5.91 Å². The van der Waals surface area contributed by atoms with Crippen molar-refractivity contribution in [3.8, 4) is 0 Å². The maximum Gasteiger partial charge on any atom is 0.258 e. The molecule has 1 saturated carbocycles. The Kier molecular flexibility index (Phi) is 6.30. The molecule has 2 atom stereocenters. The molecule has 3 N–H and O–H groups in total. The van der Waals surface area contributed by atoms with E-state index in [4.69, 9.17) is 5.73 Å². The van der Waals surface area contributed by atoms with Gasteiger partial charge in [0.05, 0.1) is 5.92 Å². The molecule has 1 heterocycles. The number of hydrogen-bond donors (Lipinski definition) is 2. The zero-order valence-corrected chi connectivity index (χ0v) is 17.5. The van der Waals surface area contributed by atoms with Crippen LogP contribution in [0.15, 0.2) is 48.5 Å². The third kappa shape index (κ3) is 4.31. The normalized spacial score (nSPS) is 23.1. The van der Waals surface area contributed by atoms with E-state index in [0.29, 0.717) is 17.8 Å². The van der Waals surface area contributed by atoms with Crippen molar-refractivity contribution < 1.29 is 9.59 Å². The zero-order chi connectivity index (χ0) is 19.7. The fourth-order valence-electron chi connectivity index (χ4n) is 4.45. The molecule has 2 aromatic carbocycles. The van der Waals surface area contributed by atoms with Crippen LogP contribution in [0.1, 0.15) is 48.5 Å². The molecule has 6 heteroatoms. The minimum Gasteiger partial charge on any atom is -0.326 e. The lowest BCUT2D eigenvalue weighted by Crippen LogP contribution is -2.51. The number of amides is 2. The van der Waals surface area contributed by atoms with E-state index in [-0.39, 0.29) is 30.1 Å². The quantitative estimate of drug-likeness (QED) is 0.793. The van der Waals surface area contributed by atoms with Gasteiger partial charge >= 0.3 is 0 Å². The van der Waals surface area contributed by atoms with Crippen molar-refractivity contribution in [1.29, 1.82) is 0 Å². The fraction of sp³-hybridized carbons (Fsp3) is 0.391. The lowest BCUT2D eigenvalue weighted by Gasteiger charge is -2.37. The Balaban J connectivity index is 0.00000240. The zero-order valence-electron chi connectivity index (χ0n) is 16.7. The van der Waals surface area contributed by atoms with E-state index in [1.165, 1.54) is 5.56 Å². The second-order valence-corrected chi connectivity index (χ2v) is 8.21. The smallest absolute Gasteiger partial charge is 0.258 e. The molecule has 1 aliphatic carbocycles. The van der Waals surface area contributed by atoms with Crippen LogP contribution in [0.2, 0.25) is 0 Å². The van der Waals surface area contributed by atoms with Crippen LogP contribution >= 0.6 is 12.4 Å². The van der Waals surface area contributed by atoms with Gasteiger partial charge in [-0.05, 0) is 56.0 Å². The highest BCUT2D eigenvalue weighted by Gasteiger charge is 2.37. The first-order valence-electron chi connectivity index (χ1n) is 10.1. The number of carbonyl (C=O) groups excluding carboxylic acids is 2. The third-order valence-electron chi connectivity index (χ3n) is 6.08. The van der Waals surface area contributed by atoms with E-state index in [1.807, 2.05) is 42.2 Å². The maximum atomic E-state index is 13.0. The summed E-state index contributed by atoms with van der Waals surface area (Å²) in [5.74, 6) is -0.297. The molecular formula is C23H28ClN3O2. The molecule has 0 saturated heterocycles. The van der Waals surface area contributed by atoms with Gasteiger partial charge in [-0.25, -0.2) is 0 Å². The van der Waals surface area contributed by atoms with Crippen LogP contribution in [0, 0.1) is 5.92 Å². The number of rotatable bonds is 3. The number of benzene rings is 2. The summed E-state index contributed by atoms with van der Waals surface area (Å²) in [7, 11) is 0. The summed E-state index contributed by atoms with van der Waals surface area (Å²) in [6.45, 7) is 2.64. The number of fused-ring (bicyclic) bond motifs is 1. The van der Waals surface area contributed by atoms with Crippen molar-refractivity contribution >= 4 is 35.6 Å². The van der Waals surface area contributed by atoms with Gasteiger partial charge in [0, 0.05) is 29.0 Å². The summed E-state index contributed by atoms with van der Waals surface area (Å²) in [6.07, 6.45) is 4.63. The molecule has 2 aromatic rings. The summed E-state index contributed by atoms with van der Waals surface area (Å²) < 4.78 is 0. The number of carbonyl (C=O) groups is 2. The largest absolute Gasteiger partial charge is 0.326 e. The Labute approximate surface area is 178 Å². The summed E-state index contributed by atoms with van der Waals surface area (Å²) in [4.78, 5) is 27.7. The van der Waals surface area contributed by atoms with Crippen molar-refractivity contribution in [2.24, 2.45) is 11.7 Å². The Morgan fingerprint density at radius 1 is 1.14 bits per heavy atom. The molecule has 0 aromatic heterocycles. The lowest BCUT2D eigenvalue weighted by molar-refractivity contribution is -0.122. The second kappa shape index (κ2) is 8.56. The van der Waals surface area contributed by atoms with E-state index in [0.717, 1.165) is 37.8 Å². The first kappa shape index (κ1) is 21.3. The molecule has 29 heavy (non-hydrogen) atoms. The molecule has 0 radical (unpaired) electrons. The predicted molar refractivity (Wildman–Crippen MR) is 119 cm³/mol. The number of nitrogens with two attached hydrogens (primary N) is 1. The van der Waals surface area contributed by atoms with Gasteiger partial charge in [0.25, 0.3) is 5.91 Å². The minimum atomic E-state index is -0.477. The first-order valence-corrected chi connectivity index (χ1v) is 10.1. The topological polar surface area (TPSA) is 75.4 Å². The van der Waals surface area contributed by atoms with Crippen molar-refractivity contribution in [3.63, 3.8) is 0 Å². The Bertz CT molecular complexity index is 913. The molecule has 1 aliphatic heterocycles.